The smallest absolute Gasteiger partial charge is 0.377 e. The van der Waals surface area contributed by atoms with E-state index in [1.165, 1.54) is 0 Å². The number of halogens is 1. The molecule has 156 valence electrons. The van der Waals surface area contributed by atoms with E-state index in [-0.39, 0.29) is 5.24 Å². The number of hydrogen-bond acceptors (Lipinski definition) is 8. The van der Waals surface area contributed by atoms with Crippen molar-refractivity contribution in [3.8, 4) is 0 Å². The van der Waals surface area contributed by atoms with Gasteiger partial charge in [-0.3, -0.25) is 4.79 Å². The van der Waals surface area contributed by atoms with E-state index in [0.717, 1.165) is 25.9 Å². The zero-order valence-corrected chi connectivity index (χ0v) is 19.6. The SMILES string of the molecule is CO[Si](CCCN(CCC[Si](OC)(OC)OC)CCC(=O)Cl)(OC)OC. The van der Waals surface area contributed by atoms with E-state index < -0.39 is 17.6 Å². The van der Waals surface area contributed by atoms with Gasteiger partial charge in [-0.1, -0.05) is 0 Å². The fourth-order valence-corrected chi connectivity index (χ4v) is 6.22. The van der Waals surface area contributed by atoms with Gasteiger partial charge < -0.3 is 31.5 Å². The first-order valence-corrected chi connectivity index (χ1v) is 12.8. The third-order valence-electron chi connectivity index (χ3n) is 4.41. The molecule has 8 nitrogen and oxygen atoms in total. The predicted octanol–water partition coefficient (Wildman–Crippen LogP) is 1.98. The lowest BCUT2D eigenvalue weighted by molar-refractivity contribution is -0.112. The predicted molar refractivity (Wildman–Crippen MR) is 104 cm³/mol. The Morgan fingerprint density at radius 1 is 0.731 bits per heavy atom. The average Bonchev–Trinajstić information content (AvgIpc) is 2.67. The number of hydrogen-bond donors (Lipinski definition) is 0. The number of rotatable bonds is 17. The Kier molecular flexibility index (Phi) is 14.2. The zero-order chi connectivity index (χ0) is 20.1. The maximum atomic E-state index is 11.1. The number of nitrogens with zero attached hydrogens (tertiary/aromatic N) is 1. The van der Waals surface area contributed by atoms with E-state index in [2.05, 4.69) is 4.90 Å². The third-order valence-corrected chi connectivity index (χ3v) is 10.3. The fraction of sp³-hybridized carbons (Fsp3) is 0.933. The first-order chi connectivity index (χ1) is 12.4. The minimum Gasteiger partial charge on any atom is -0.377 e. The summed E-state index contributed by atoms with van der Waals surface area (Å²) in [5.41, 5.74) is 0. The van der Waals surface area contributed by atoms with Crippen LogP contribution in [0.3, 0.4) is 0 Å². The normalized spacial score (nSPS) is 12.8. The zero-order valence-electron chi connectivity index (χ0n) is 16.8. The van der Waals surface area contributed by atoms with Gasteiger partial charge in [0.15, 0.2) is 0 Å². The summed E-state index contributed by atoms with van der Waals surface area (Å²) in [5.74, 6) is 0. The standard InChI is InChI=1S/C15H34ClNO7Si2/c1-19-25(20-2,21-3)13-7-10-17(12-9-15(16)18)11-8-14-26(22-4,23-5)24-6/h7-14H2,1-6H3. The molecule has 11 heteroatoms. The van der Waals surface area contributed by atoms with E-state index in [0.29, 0.717) is 25.1 Å². The summed E-state index contributed by atoms with van der Waals surface area (Å²) in [4.78, 5) is 13.3. The molecule has 0 saturated heterocycles. The van der Waals surface area contributed by atoms with Crippen molar-refractivity contribution in [1.29, 1.82) is 0 Å². The molecule has 0 spiro atoms. The van der Waals surface area contributed by atoms with Crippen LogP contribution in [-0.4, -0.2) is 90.0 Å². The second kappa shape index (κ2) is 14.2. The molecule has 0 aromatic rings. The lowest BCUT2D eigenvalue weighted by Crippen LogP contribution is -2.44. The molecule has 0 aliphatic carbocycles. The maximum Gasteiger partial charge on any atom is 0.500 e. The Bertz CT molecular complexity index is 342. The van der Waals surface area contributed by atoms with Crippen LogP contribution in [0.2, 0.25) is 12.1 Å². The van der Waals surface area contributed by atoms with Crippen molar-refractivity contribution in [1.82, 2.24) is 4.90 Å². The van der Waals surface area contributed by atoms with Gasteiger partial charge in [-0.15, -0.1) is 0 Å². The van der Waals surface area contributed by atoms with Gasteiger partial charge in [0.05, 0.1) is 0 Å². The highest BCUT2D eigenvalue weighted by Gasteiger charge is 2.38. The Morgan fingerprint density at radius 3 is 1.35 bits per heavy atom. The van der Waals surface area contributed by atoms with Crippen molar-refractivity contribution < 1.29 is 31.4 Å². The highest BCUT2D eigenvalue weighted by Crippen LogP contribution is 2.18. The van der Waals surface area contributed by atoms with Gasteiger partial charge in [0, 0.05) is 67.7 Å². The molecule has 0 aliphatic rings. The van der Waals surface area contributed by atoms with Crippen molar-refractivity contribution in [2.45, 2.75) is 31.4 Å². The van der Waals surface area contributed by atoms with Crippen LogP contribution in [0.1, 0.15) is 19.3 Å². The molecule has 0 aromatic heterocycles. The first-order valence-electron chi connectivity index (χ1n) is 8.58. The molecule has 0 aliphatic heterocycles. The quantitative estimate of drug-likeness (QED) is 0.255. The monoisotopic (exact) mass is 431 g/mol. The molecule has 0 aromatic carbocycles. The molecule has 0 unspecified atom stereocenters. The minimum absolute atomic E-state index is 0.310. The molecule has 0 rings (SSSR count). The van der Waals surface area contributed by atoms with Crippen molar-refractivity contribution >= 4 is 34.5 Å². The number of carbonyl (C=O) groups is 1. The summed E-state index contributed by atoms with van der Waals surface area (Å²) < 4.78 is 32.7. The summed E-state index contributed by atoms with van der Waals surface area (Å²) in [6.07, 6.45) is 1.98. The summed E-state index contributed by atoms with van der Waals surface area (Å²) in [7, 11) is 4.47. The van der Waals surface area contributed by atoms with Crippen molar-refractivity contribution in [3.05, 3.63) is 0 Å². The Morgan fingerprint density at radius 2 is 1.08 bits per heavy atom. The summed E-state index contributed by atoms with van der Waals surface area (Å²) >= 11 is 5.50. The second-order valence-corrected chi connectivity index (χ2v) is 12.3. The summed E-state index contributed by atoms with van der Waals surface area (Å²) in [5, 5.41) is -0.334. The van der Waals surface area contributed by atoms with Crippen LogP contribution in [0, 0.1) is 0 Å². The van der Waals surface area contributed by atoms with Crippen molar-refractivity contribution in [3.63, 3.8) is 0 Å². The third kappa shape index (κ3) is 9.35. The minimum atomic E-state index is -2.58. The van der Waals surface area contributed by atoms with Gasteiger partial charge in [0.25, 0.3) is 0 Å². The van der Waals surface area contributed by atoms with Crippen LogP contribution in [0.5, 0.6) is 0 Å². The van der Waals surface area contributed by atoms with Crippen LogP contribution < -0.4 is 0 Å². The molecule has 26 heavy (non-hydrogen) atoms. The van der Waals surface area contributed by atoms with E-state index in [9.17, 15) is 4.79 Å². The van der Waals surface area contributed by atoms with Crippen LogP contribution in [0.4, 0.5) is 0 Å². The Balaban J connectivity index is 4.59. The van der Waals surface area contributed by atoms with Crippen molar-refractivity contribution in [2.75, 3.05) is 62.3 Å². The fourth-order valence-electron chi connectivity index (χ4n) is 2.73. The second-order valence-electron chi connectivity index (χ2n) is 5.74. The Hall–Kier alpha value is 0.114. The number of carbonyl (C=O) groups excluding carboxylic acids is 1. The molecule has 0 fully saturated rings. The topological polar surface area (TPSA) is 75.7 Å². The van der Waals surface area contributed by atoms with Gasteiger partial charge in [0.2, 0.25) is 5.24 Å². The van der Waals surface area contributed by atoms with Gasteiger partial charge in [-0.2, -0.15) is 0 Å². The van der Waals surface area contributed by atoms with Gasteiger partial charge in [-0.05, 0) is 37.5 Å². The van der Waals surface area contributed by atoms with E-state index in [4.69, 9.17) is 38.2 Å². The largest absolute Gasteiger partial charge is 0.500 e. The first kappa shape index (κ1) is 26.1. The van der Waals surface area contributed by atoms with Crippen LogP contribution in [0.25, 0.3) is 0 Å². The summed E-state index contributed by atoms with van der Waals surface area (Å²) in [6.45, 7) is 2.18. The molecule has 0 saturated carbocycles. The van der Waals surface area contributed by atoms with Gasteiger partial charge >= 0.3 is 17.6 Å². The van der Waals surface area contributed by atoms with E-state index >= 15 is 0 Å². The molecule has 0 atom stereocenters. The highest BCUT2D eigenvalue weighted by molar-refractivity contribution is 6.63. The van der Waals surface area contributed by atoms with E-state index in [1.54, 1.807) is 42.7 Å². The molecule has 0 bridgehead atoms. The van der Waals surface area contributed by atoms with E-state index in [1.807, 2.05) is 0 Å². The lowest BCUT2D eigenvalue weighted by Gasteiger charge is -2.28. The highest BCUT2D eigenvalue weighted by atomic mass is 35.5. The lowest BCUT2D eigenvalue weighted by atomic mass is 10.3. The molecule has 0 heterocycles. The maximum absolute atomic E-state index is 11.1. The molecule has 0 amide bonds. The van der Waals surface area contributed by atoms with Crippen LogP contribution in [0.15, 0.2) is 0 Å². The molecular formula is C15H34ClNO7Si2. The van der Waals surface area contributed by atoms with Gasteiger partial charge in [0.1, 0.15) is 0 Å². The van der Waals surface area contributed by atoms with Gasteiger partial charge in [-0.25, -0.2) is 0 Å². The summed E-state index contributed by atoms with van der Waals surface area (Å²) in [6, 6.07) is 1.41. The Labute approximate surface area is 164 Å². The van der Waals surface area contributed by atoms with Crippen LogP contribution in [-0.2, 0) is 31.4 Å². The molecule has 0 N–H and O–H groups in total. The average molecular weight is 432 g/mol. The molecule has 0 radical (unpaired) electrons. The van der Waals surface area contributed by atoms with Crippen LogP contribution >= 0.6 is 11.6 Å². The van der Waals surface area contributed by atoms with Crippen molar-refractivity contribution in [2.24, 2.45) is 0 Å². The molecular weight excluding hydrogens is 398 g/mol.